The van der Waals surface area contributed by atoms with Crippen LogP contribution in [0, 0.1) is 0 Å². The van der Waals surface area contributed by atoms with Crippen molar-refractivity contribution in [2.24, 2.45) is 5.73 Å². The van der Waals surface area contributed by atoms with Crippen molar-refractivity contribution in [2.75, 3.05) is 18.0 Å². The first-order valence-electron chi connectivity index (χ1n) is 10.2. The van der Waals surface area contributed by atoms with Crippen LogP contribution in [0.25, 0.3) is 0 Å². The summed E-state index contributed by atoms with van der Waals surface area (Å²) < 4.78 is 0. The monoisotopic (exact) mass is 379 g/mol. The summed E-state index contributed by atoms with van der Waals surface area (Å²) in [6.45, 7) is 1.32. The van der Waals surface area contributed by atoms with Gasteiger partial charge in [-0.25, -0.2) is 0 Å². The topological polar surface area (TPSA) is 75.4 Å². The minimum absolute atomic E-state index is 0.00168. The van der Waals surface area contributed by atoms with Gasteiger partial charge in [0, 0.05) is 24.2 Å². The summed E-state index contributed by atoms with van der Waals surface area (Å²) in [5.74, 6) is 0.0708. The Kier molecular flexibility index (Phi) is 7.20. The Bertz CT molecular complexity index is 791. The van der Waals surface area contributed by atoms with Gasteiger partial charge in [0.1, 0.15) is 0 Å². The highest BCUT2D eigenvalue weighted by molar-refractivity contribution is 6.06. The molecule has 1 heterocycles. The summed E-state index contributed by atoms with van der Waals surface area (Å²) in [4.78, 5) is 27.3. The fraction of sp³-hybridized carbons (Fsp3) is 0.391. The van der Waals surface area contributed by atoms with E-state index in [4.69, 9.17) is 5.73 Å². The lowest BCUT2D eigenvalue weighted by molar-refractivity contribution is -0.122. The molecule has 0 saturated heterocycles. The van der Waals surface area contributed by atoms with Gasteiger partial charge >= 0.3 is 0 Å². The van der Waals surface area contributed by atoms with Crippen LogP contribution < -0.4 is 16.0 Å². The van der Waals surface area contributed by atoms with Crippen LogP contribution in [0.5, 0.6) is 0 Å². The van der Waals surface area contributed by atoms with Crippen molar-refractivity contribution >= 4 is 17.5 Å². The van der Waals surface area contributed by atoms with Gasteiger partial charge in [-0.15, -0.1) is 0 Å². The third-order valence-corrected chi connectivity index (χ3v) is 5.19. The van der Waals surface area contributed by atoms with Crippen LogP contribution >= 0.6 is 0 Å². The second-order valence-corrected chi connectivity index (χ2v) is 7.24. The van der Waals surface area contributed by atoms with Crippen LogP contribution in [0.15, 0.2) is 54.6 Å². The molecule has 0 aromatic heterocycles. The molecule has 5 nitrogen and oxygen atoms in total. The number of nitrogens with two attached hydrogens (primary N) is 1. The molecule has 3 rings (SSSR count). The normalized spacial score (nSPS) is 16.2. The van der Waals surface area contributed by atoms with Crippen LogP contribution in [0.1, 0.15) is 60.5 Å². The summed E-state index contributed by atoms with van der Waals surface area (Å²) in [6.07, 6.45) is 4.97. The van der Waals surface area contributed by atoms with Gasteiger partial charge in [0.05, 0.1) is 6.04 Å². The van der Waals surface area contributed by atoms with Gasteiger partial charge in [0.2, 0.25) is 5.91 Å². The van der Waals surface area contributed by atoms with Gasteiger partial charge < -0.3 is 16.0 Å². The van der Waals surface area contributed by atoms with Crippen LogP contribution in [-0.4, -0.2) is 24.9 Å². The van der Waals surface area contributed by atoms with E-state index in [0.29, 0.717) is 25.1 Å². The molecule has 2 amide bonds. The number of anilines is 1. The molecular formula is C23H29N3O2. The Hall–Kier alpha value is -2.66. The molecular weight excluding hydrogens is 350 g/mol. The highest BCUT2D eigenvalue weighted by Crippen LogP contribution is 2.33. The zero-order chi connectivity index (χ0) is 19.8. The van der Waals surface area contributed by atoms with Crippen molar-refractivity contribution in [3.63, 3.8) is 0 Å². The molecule has 0 spiro atoms. The van der Waals surface area contributed by atoms with Crippen molar-refractivity contribution in [2.45, 2.75) is 44.6 Å². The number of hydrogen-bond donors (Lipinski definition) is 2. The zero-order valence-corrected chi connectivity index (χ0v) is 16.3. The maximum absolute atomic E-state index is 13.1. The highest BCUT2D eigenvalue weighted by atomic mass is 16.2. The largest absolute Gasteiger partial charge is 0.349 e. The van der Waals surface area contributed by atoms with Gasteiger partial charge in [0.15, 0.2) is 0 Å². The van der Waals surface area contributed by atoms with Crippen molar-refractivity contribution < 1.29 is 9.59 Å². The molecule has 0 bridgehead atoms. The highest BCUT2D eigenvalue weighted by Gasteiger charge is 2.27. The quantitative estimate of drug-likeness (QED) is 0.719. The lowest BCUT2D eigenvalue weighted by atomic mass is 10.0. The molecule has 1 atom stereocenters. The molecule has 0 radical (unpaired) electrons. The molecule has 148 valence electrons. The van der Waals surface area contributed by atoms with E-state index in [1.54, 1.807) is 0 Å². The number of rotatable bonds is 7. The first-order valence-corrected chi connectivity index (χ1v) is 10.2. The van der Waals surface area contributed by atoms with E-state index in [2.05, 4.69) is 5.32 Å². The summed E-state index contributed by atoms with van der Waals surface area (Å²) >= 11 is 0. The van der Waals surface area contributed by atoms with E-state index in [0.717, 1.165) is 43.4 Å². The van der Waals surface area contributed by atoms with Crippen LogP contribution in [0.4, 0.5) is 5.69 Å². The molecule has 1 aliphatic heterocycles. The Balaban J connectivity index is 1.75. The van der Waals surface area contributed by atoms with Crippen LogP contribution in [0.2, 0.25) is 0 Å². The molecule has 1 aliphatic rings. The minimum atomic E-state index is -0.0632. The summed E-state index contributed by atoms with van der Waals surface area (Å²) in [5, 5.41) is 3.18. The Morgan fingerprint density at radius 2 is 1.75 bits per heavy atom. The number of para-hydroxylation sites is 1. The molecule has 5 heteroatoms. The Morgan fingerprint density at radius 1 is 1.00 bits per heavy atom. The standard InChI is InChI=1S/C23H29N3O2/c24-16-8-2-5-15-22(27)25-20-13-9-17-26(21-14-7-6-12-19(20)21)23(28)18-10-3-1-4-11-18/h1,3-4,6-7,10-12,14,20H,2,5,8-9,13,15-17,24H2,(H,25,27). The van der Waals surface area contributed by atoms with Crippen molar-refractivity contribution in [3.8, 4) is 0 Å². The number of hydrogen-bond acceptors (Lipinski definition) is 3. The number of unbranched alkanes of at least 4 members (excludes halogenated alkanes) is 2. The molecule has 28 heavy (non-hydrogen) atoms. The van der Waals surface area contributed by atoms with E-state index >= 15 is 0 Å². The van der Waals surface area contributed by atoms with Gasteiger partial charge in [-0.2, -0.15) is 0 Å². The maximum atomic E-state index is 13.1. The first-order chi connectivity index (χ1) is 13.7. The fourth-order valence-corrected chi connectivity index (χ4v) is 3.73. The van der Waals surface area contributed by atoms with Crippen molar-refractivity contribution in [1.82, 2.24) is 5.32 Å². The molecule has 1 unspecified atom stereocenters. The van der Waals surface area contributed by atoms with E-state index in [9.17, 15) is 9.59 Å². The smallest absolute Gasteiger partial charge is 0.258 e. The lowest BCUT2D eigenvalue weighted by Crippen LogP contribution is -2.32. The minimum Gasteiger partial charge on any atom is -0.349 e. The second kappa shape index (κ2) is 10.0. The number of benzene rings is 2. The van der Waals surface area contributed by atoms with E-state index < -0.39 is 0 Å². The maximum Gasteiger partial charge on any atom is 0.258 e. The third-order valence-electron chi connectivity index (χ3n) is 5.19. The summed E-state index contributed by atoms with van der Waals surface area (Å²) in [5.41, 5.74) is 8.10. The average Bonchev–Trinajstić information content (AvgIpc) is 2.91. The predicted molar refractivity (Wildman–Crippen MR) is 112 cm³/mol. The average molecular weight is 380 g/mol. The second-order valence-electron chi connectivity index (χ2n) is 7.24. The lowest BCUT2D eigenvalue weighted by Gasteiger charge is -2.24. The van der Waals surface area contributed by atoms with Crippen molar-refractivity contribution in [1.29, 1.82) is 0 Å². The Labute approximate surface area is 166 Å². The van der Waals surface area contributed by atoms with E-state index in [-0.39, 0.29) is 17.9 Å². The van der Waals surface area contributed by atoms with Gasteiger partial charge in [-0.05, 0) is 56.0 Å². The van der Waals surface area contributed by atoms with E-state index in [1.807, 2.05) is 59.5 Å². The number of nitrogens with one attached hydrogen (secondary N) is 1. The summed E-state index contributed by atoms with van der Waals surface area (Å²) in [7, 11) is 0. The fourth-order valence-electron chi connectivity index (χ4n) is 3.73. The number of fused-ring (bicyclic) bond motifs is 1. The van der Waals surface area contributed by atoms with Gasteiger partial charge in [-0.3, -0.25) is 9.59 Å². The molecule has 0 aliphatic carbocycles. The molecule has 0 saturated carbocycles. The third kappa shape index (κ3) is 4.98. The number of amides is 2. The predicted octanol–water partition coefficient (Wildman–Crippen LogP) is 3.80. The summed E-state index contributed by atoms with van der Waals surface area (Å²) in [6, 6.07) is 17.2. The Morgan fingerprint density at radius 3 is 2.54 bits per heavy atom. The number of carbonyl (C=O) groups is 2. The number of nitrogens with zero attached hydrogens (tertiary/aromatic N) is 1. The van der Waals surface area contributed by atoms with Gasteiger partial charge in [0.25, 0.3) is 5.91 Å². The van der Waals surface area contributed by atoms with E-state index in [1.165, 1.54) is 0 Å². The first kappa shape index (κ1) is 20.1. The van der Waals surface area contributed by atoms with Crippen LogP contribution in [-0.2, 0) is 4.79 Å². The number of carbonyl (C=O) groups excluding carboxylic acids is 2. The molecule has 2 aromatic rings. The zero-order valence-electron chi connectivity index (χ0n) is 16.3. The molecule has 3 N–H and O–H groups in total. The SMILES string of the molecule is NCCCCCC(=O)NC1CCCN(C(=O)c2ccccc2)c2ccccc21. The van der Waals surface area contributed by atoms with Crippen LogP contribution in [0.3, 0.4) is 0 Å². The molecule has 2 aromatic carbocycles. The molecule has 0 fully saturated rings. The van der Waals surface area contributed by atoms with Gasteiger partial charge in [-0.1, -0.05) is 42.8 Å². The van der Waals surface area contributed by atoms with Crippen molar-refractivity contribution in [3.05, 3.63) is 65.7 Å².